The van der Waals surface area contributed by atoms with Crippen molar-refractivity contribution in [3.8, 4) is 0 Å². The minimum absolute atomic E-state index is 0.0827. The Morgan fingerprint density at radius 1 is 1.38 bits per heavy atom. The van der Waals surface area contributed by atoms with Gasteiger partial charge in [0.05, 0.1) is 0 Å². The van der Waals surface area contributed by atoms with E-state index in [1.54, 1.807) is 14.0 Å². The fraction of sp³-hybridized carbons (Fsp3) is 0.900. The summed E-state index contributed by atoms with van der Waals surface area (Å²) in [5.41, 5.74) is 0. The van der Waals surface area contributed by atoms with Crippen molar-refractivity contribution in [2.24, 2.45) is 0 Å². The molecule has 0 aliphatic rings. The predicted molar refractivity (Wildman–Crippen MR) is 53.6 cm³/mol. The molecule has 0 aromatic heterocycles. The maximum atomic E-state index is 11.7. The summed E-state index contributed by atoms with van der Waals surface area (Å²) in [6, 6.07) is 0.301. The zero-order valence-corrected chi connectivity index (χ0v) is 9.33. The molecule has 0 aromatic rings. The summed E-state index contributed by atoms with van der Waals surface area (Å²) in [7, 11) is 1.56. The standard InChI is InChI=1S/C10H21NO2/c1-6-8(3)11(7-2)10(12)9(4)13-5/h8-9H,6-7H2,1-5H3. The lowest BCUT2D eigenvalue weighted by molar-refractivity contribution is -0.142. The Morgan fingerprint density at radius 3 is 2.23 bits per heavy atom. The van der Waals surface area contributed by atoms with Gasteiger partial charge in [-0.3, -0.25) is 4.79 Å². The van der Waals surface area contributed by atoms with Crippen LogP contribution in [0.3, 0.4) is 0 Å². The number of carbonyl (C=O) groups excluding carboxylic acids is 1. The Morgan fingerprint density at radius 2 is 1.92 bits per heavy atom. The Labute approximate surface area is 81.1 Å². The van der Waals surface area contributed by atoms with Gasteiger partial charge >= 0.3 is 0 Å². The molecular formula is C10H21NO2. The molecule has 3 heteroatoms. The monoisotopic (exact) mass is 187 g/mol. The Bertz CT molecular complexity index is 159. The molecule has 0 fully saturated rings. The van der Waals surface area contributed by atoms with Gasteiger partial charge in [-0.05, 0) is 27.2 Å². The van der Waals surface area contributed by atoms with Crippen LogP contribution in [0.4, 0.5) is 0 Å². The van der Waals surface area contributed by atoms with Gasteiger partial charge in [-0.2, -0.15) is 0 Å². The smallest absolute Gasteiger partial charge is 0.251 e. The quantitative estimate of drug-likeness (QED) is 0.655. The van der Waals surface area contributed by atoms with E-state index < -0.39 is 0 Å². The average molecular weight is 187 g/mol. The normalized spacial score (nSPS) is 15.2. The molecular weight excluding hydrogens is 166 g/mol. The van der Waals surface area contributed by atoms with Gasteiger partial charge in [0.15, 0.2) is 0 Å². The maximum absolute atomic E-state index is 11.7. The van der Waals surface area contributed by atoms with Gasteiger partial charge in [-0.1, -0.05) is 6.92 Å². The summed E-state index contributed by atoms with van der Waals surface area (Å²) in [4.78, 5) is 13.6. The van der Waals surface area contributed by atoms with E-state index in [4.69, 9.17) is 4.74 Å². The van der Waals surface area contributed by atoms with Gasteiger partial charge in [0.2, 0.25) is 0 Å². The van der Waals surface area contributed by atoms with E-state index in [2.05, 4.69) is 13.8 Å². The van der Waals surface area contributed by atoms with E-state index >= 15 is 0 Å². The zero-order chi connectivity index (χ0) is 10.4. The van der Waals surface area contributed by atoms with E-state index in [9.17, 15) is 4.79 Å². The highest BCUT2D eigenvalue weighted by Crippen LogP contribution is 2.06. The molecule has 3 nitrogen and oxygen atoms in total. The molecule has 13 heavy (non-hydrogen) atoms. The molecule has 0 heterocycles. The molecule has 0 aromatic carbocycles. The number of hydrogen-bond acceptors (Lipinski definition) is 2. The fourth-order valence-electron chi connectivity index (χ4n) is 1.24. The first kappa shape index (κ1) is 12.4. The van der Waals surface area contributed by atoms with Crippen molar-refractivity contribution in [2.45, 2.75) is 46.3 Å². The third-order valence-corrected chi connectivity index (χ3v) is 2.45. The van der Waals surface area contributed by atoms with Crippen LogP contribution in [0.2, 0.25) is 0 Å². The van der Waals surface area contributed by atoms with E-state index in [0.717, 1.165) is 13.0 Å². The summed E-state index contributed by atoms with van der Waals surface area (Å²) in [6.45, 7) is 8.67. The molecule has 0 N–H and O–H groups in total. The van der Waals surface area contributed by atoms with Crippen LogP contribution in [0, 0.1) is 0 Å². The average Bonchev–Trinajstić information content (AvgIpc) is 2.17. The van der Waals surface area contributed by atoms with E-state index in [1.807, 2.05) is 11.8 Å². The predicted octanol–water partition coefficient (Wildman–Crippen LogP) is 1.67. The summed E-state index contributed by atoms with van der Waals surface area (Å²) < 4.78 is 5.00. The largest absolute Gasteiger partial charge is 0.372 e. The number of ether oxygens (including phenoxy) is 1. The van der Waals surface area contributed by atoms with Crippen molar-refractivity contribution in [1.82, 2.24) is 4.90 Å². The lowest BCUT2D eigenvalue weighted by atomic mass is 10.2. The minimum Gasteiger partial charge on any atom is -0.372 e. The first-order chi connectivity index (χ1) is 6.08. The number of amides is 1. The number of nitrogens with zero attached hydrogens (tertiary/aromatic N) is 1. The molecule has 78 valence electrons. The van der Waals surface area contributed by atoms with Gasteiger partial charge in [-0.15, -0.1) is 0 Å². The van der Waals surface area contributed by atoms with Crippen LogP contribution in [-0.2, 0) is 9.53 Å². The molecule has 0 aliphatic carbocycles. The molecule has 2 atom stereocenters. The molecule has 0 radical (unpaired) electrons. The van der Waals surface area contributed by atoms with Crippen LogP contribution >= 0.6 is 0 Å². The Balaban J connectivity index is 4.31. The van der Waals surface area contributed by atoms with Crippen molar-refractivity contribution in [1.29, 1.82) is 0 Å². The minimum atomic E-state index is -0.325. The first-order valence-corrected chi connectivity index (χ1v) is 4.91. The van der Waals surface area contributed by atoms with E-state index in [-0.39, 0.29) is 12.0 Å². The van der Waals surface area contributed by atoms with E-state index in [0.29, 0.717) is 6.04 Å². The molecule has 0 spiro atoms. The van der Waals surface area contributed by atoms with Crippen LogP contribution in [0.1, 0.15) is 34.1 Å². The van der Waals surface area contributed by atoms with Crippen LogP contribution in [-0.4, -0.2) is 36.6 Å². The molecule has 0 rings (SSSR count). The summed E-state index contributed by atoms with van der Waals surface area (Å²) in [6.07, 6.45) is 0.657. The van der Waals surface area contributed by atoms with Crippen molar-refractivity contribution in [3.05, 3.63) is 0 Å². The van der Waals surface area contributed by atoms with Crippen molar-refractivity contribution < 1.29 is 9.53 Å². The second-order valence-corrected chi connectivity index (χ2v) is 3.26. The molecule has 0 bridgehead atoms. The highest BCUT2D eigenvalue weighted by atomic mass is 16.5. The number of methoxy groups -OCH3 is 1. The third-order valence-electron chi connectivity index (χ3n) is 2.45. The second kappa shape index (κ2) is 5.97. The van der Waals surface area contributed by atoms with Crippen molar-refractivity contribution >= 4 is 5.91 Å². The summed E-state index contributed by atoms with van der Waals surface area (Å²) in [5.74, 6) is 0.0827. The highest BCUT2D eigenvalue weighted by molar-refractivity contribution is 5.80. The van der Waals surface area contributed by atoms with Gasteiger partial charge < -0.3 is 9.64 Å². The topological polar surface area (TPSA) is 29.5 Å². The number of hydrogen-bond donors (Lipinski definition) is 0. The number of likely N-dealkylation sites (N-methyl/N-ethyl adjacent to an activating group) is 1. The molecule has 2 unspecified atom stereocenters. The SMILES string of the molecule is CCC(C)N(CC)C(=O)C(C)OC. The van der Waals surface area contributed by atoms with Gasteiger partial charge in [-0.25, -0.2) is 0 Å². The van der Waals surface area contributed by atoms with Crippen LogP contribution in [0.15, 0.2) is 0 Å². The lowest BCUT2D eigenvalue weighted by Gasteiger charge is -2.29. The molecule has 1 amide bonds. The maximum Gasteiger partial charge on any atom is 0.251 e. The molecule has 0 saturated carbocycles. The third kappa shape index (κ3) is 3.35. The molecule has 0 saturated heterocycles. The van der Waals surface area contributed by atoms with Gasteiger partial charge in [0, 0.05) is 19.7 Å². The molecule has 0 aliphatic heterocycles. The van der Waals surface area contributed by atoms with Crippen molar-refractivity contribution in [3.63, 3.8) is 0 Å². The second-order valence-electron chi connectivity index (χ2n) is 3.26. The van der Waals surface area contributed by atoms with Gasteiger partial charge in [0.1, 0.15) is 6.10 Å². The first-order valence-electron chi connectivity index (χ1n) is 4.91. The highest BCUT2D eigenvalue weighted by Gasteiger charge is 2.21. The summed E-state index contributed by atoms with van der Waals surface area (Å²) >= 11 is 0. The summed E-state index contributed by atoms with van der Waals surface area (Å²) in [5, 5.41) is 0. The Kier molecular flexibility index (Phi) is 5.71. The van der Waals surface area contributed by atoms with Gasteiger partial charge in [0.25, 0.3) is 5.91 Å². The fourth-order valence-corrected chi connectivity index (χ4v) is 1.24. The zero-order valence-electron chi connectivity index (χ0n) is 9.33. The van der Waals surface area contributed by atoms with Crippen molar-refractivity contribution in [2.75, 3.05) is 13.7 Å². The number of rotatable bonds is 5. The van der Waals surface area contributed by atoms with Crippen LogP contribution in [0.5, 0.6) is 0 Å². The van der Waals surface area contributed by atoms with E-state index in [1.165, 1.54) is 0 Å². The lowest BCUT2D eigenvalue weighted by Crippen LogP contribution is -2.43. The van der Waals surface area contributed by atoms with Crippen LogP contribution < -0.4 is 0 Å². The van der Waals surface area contributed by atoms with Crippen LogP contribution in [0.25, 0.3) is 0 Å². The Hall–Kier alpha value is -0.570. The number of carbonyl (C=O) groups is 1.